The van der Waals surface area contributed by atoms with Crippen molar-refractivity contribution in [2.45, 2.75) is 20.3 Å². The molecule has 1 aromatic heterocycles. The molecule has 0 saturated heterocycles. The van der Waals surface area contributed by atoms with Crippen LogP contribution in [0.25, 0.3) is 27.2 Å². The fraction of sp³-hybridized carbons (Fsp3) is 0.200. The minimum Gasteiger partial charge on any atom is -0.150 e. The van der Waals surface area contributed by atoms with Crippen LogP contribution in [0.15, 0.2) is 41.5 Å². The third kappa shape index (κ3) is 2.44. The van der Waals surface area contributed by atoms with Crippen molar-refractivity contribution in [3.63, 3.8) is 0 Å². The van der Waals surface area contributed by atoms with E-state index in [0.29, 0.717) is 11.2 Å². The smallest absolute Gasteiger partial charge is 0.114 e. The van der Waals surface area contributed by atoms with Gasteiger partial charge in [0.15, 0.2) is 0 Å². The Bertz CT molecular complexity index is 840. The van der Waals surface area contributed by atoms with Crippen molar-refractivity contribution in [1.82, 2.24) is 15.0 Å². The predicted octanol–water partition coefficient (Wildman–Crippen LogP) is 4.23. The van der Waals surface area contributed by atoms with Gasteiger partial charge in [-0.2, -0.15) is 4.80 Å². The molecule has 0 atom stereocenters. The minimum atomic E-state index is 0.582. The summed E-state index contributed by atoms with van der Waals surface area (Å²) >= 11 is 0. The minimum absolute atomic E-state index is 0.582. The Kier molecular flexibility index (Phi) is 3.30. The van der Waals surface area contributed by atoms with Crippen molar-refractivity contribution in [1.29, 1.82) is 0 Å². The van der Waals surface area contributed by atoms with E-state index in [2.05, 4.69) is 39.3 Å². The average molecular weight is 278 g/mol. The molecular formula is C15H14N6. The molecule has 0 N–H and O–H groups in total. The van der Waals surface area contributed by atoms with Gasteiger partial charge in [-0.15, -0.1) is 10.2 Å². The van der Waals surface area contributed by atoms with Crippen LogP contribution in [0, 0.1) is 6.92 Å². The van der Waals surface area contributed by atoms with Crippen LogP contribution in [0.4, 0.5) is 5.69 Å². The zero-order valence-corrected chi connectivity index (χ0v) is 11.9. The van der Waals surface area contributed by atoms with Gasteiger partial charge in [0.2, 0.25) is 0 Å². The number of aryl methyl sites for hydroxylation is 2. The summed E-state index contributed by atoms with van der Waals surface area (Å²) in [7, 11) is 0. The van der Waals surface area contributed by atoms with Gasteiger partial charge in [-0.25, -0.2) is 0 Å². The Morgan fingerprint density at radius 3 is 2.43 bits per heavy atom. The molecule has 21 heavy (non-hydrogen) atoms. The van der Waals surface area contributed by atoms with Crippen LogP contribution in [0.2, 0.25) is 0 Å². The monoisotopic (exact) mass is 278 g/mol. The van der Waals surface area contributed by atoms with E-state index in [9.17, 15) is 0 Å². The van der Waals surface area contributed by atoms with E-state index in [4.69, 9.17) is 5.53 Å². The van der Waals surface area contributed by atoms with Gasteiger partial charge in [-0.3, -0.25) is 0 Å². The van der Waals surface area contributed by atoms with Crippen LogP contribution < -0.4 is 0 Å². The van der Waals surface area contributed by atoms with Gasteiger partial charge in [-0.05, 0) is 54.3 Å². The lowest BCUT2D eigenvalue weighted by molar-refractivity contribution is 0.765. The van der Waals surface area contributed by atoms with E-state index in [-0.39, 0.29) is 0 Å². The summed E-state index contributed by atoms with van der Waals surface area (Å²) in [5.74, 6) is 0. The summed E-state index contributed by atoms with van der Waals surface area (Å²) < 4.78 is 0. The highest BCUT2D eigenvalue weighted by atomic mass is 15.5. The molecule has 0 aliphatic heterocycles. The number of hydrogen-bond donors (Lipinski definition) is 0. The number of nitrogens with zero attached hydrogens (tertiary/aromatic N) is 6. The van der Waals surface area contributed by atoms with E-state index in [0.717, 1.165) is 23.2 Å². The fourth-order valence-corrected chi connectivity index (χ4v) is 2.19. The number of fused-ring (bicyclic) bond motifs is 1. The molecule has 6 nitrogen and oxygen atoms in total. The molecule has 0 bridgehead atoms. The summed E-state index contributed by atoms with van der Waals surface area (Å²) in [6.45, 7) is 4.01. The molecule has 104 valence electrons. The Morgan fingerprint density at radius 2 is 1.81 bits per heavy atom. The van der Waals surface area contributed by atoms with Gasteiger partial charge in [0.05, 0.1) is 5.69 Å². The van der Waals surface area contributed by atoms with Crippen molar-refractivity contribution in [3.05, 3.63) is 58.0 Å². The molecule has 0 amide bonds. The maximum Gasteiger partial charge on any atom is 0.114 e. The second kappa shape index (κ2) is 5.26. The topological polar surface area (TPSA) is 79.5 Å². The number of aromatic nitrogens is 3. The molecule has 0 spiro atoms. The highest BCUT2D eigenvalue weighted by Crippen LogP contribution is 2.24. The molecule has 0 aliphatic rings. The summed E-state index contributed by atoms with van der Waals surface area (Å²) in [4.78, 5) is 4.43. The SMILES string of the molecule is CCc1ccc(-n2nc3cc(C)c(N=[N+]=[N-])cc3n2)cc1. The lowest BCUT2D eigenvalue weighted by Crippen LogP contribution is -1.98. The van der Waals surface area contributed by atoms with Gasteiger partial charge in [-0.1, -0.05) is 24.2 Å². The maximum absolute atomic E-state index is 8.57. The quantitative estimate of drug-likeness (QED) is 0.408. The van der Waals surface area contributed by atoms with Crippen LogP contribution in [0.1, 0.15) is 18.1 Å². The molecule has 0 saturated carbocycles. The Balaban J connectivity index is 2.09. The van der Waals surface area contributed by atoms with Crippen molar-refractivity contribution >= 4 is 16.7 Å². The van der Waals surface area contributed by atoms with Gasteiger partial charge in [0.1, 0.15) is 11.0 Å². The van der Waals surface area contributed by atoms with Crippen LogP contribution in [0.3, 0.4) is 0 Å². The molecule has 6 heteroatoms. The Morgan fingerprint density at radius 1 is 1.14 bits per heavy atom. The van der Waals surface area contributed by atoms with E-state index in [1.54, 1.807) is 10.9 Å². The second-order valence-corrected chi connectivity index (χ2v) is 4.83. The van der Waals surface area contributed by atoms with Gasteiger partial charge < -0.3 is 0 Å². The van der Waals surface area contributed by atoms with Gasteiger partial charge in [0.25, 0.3) is 0 Å². The number of benzene rings is 2. The first-order chi connectivity index (χ1) is 10.2. The lowest BCUT2D eigenvalue weighted by Gasteiger charge is -2.00. The van der Waals surface area contributed by atoms with E-state index in [1.165, 1.54) is 5.56 Å². The molecule has 2 aromatic carbocycles. The molecule has 0 aliphatic carbocycles. The molecular weight excluding hydrogens is 264 g/mol. The Labute approximate surface area is 121 Å². The van der Waals surface area contributed by atoms with Gasteiger partial charge >= 0.3 is 0 Å². The van der Waals surface area contributed by atoms with Crippen LogP contribution in [-0.2, 0) is 6.42 Å². The second-order valence-electron chi connectivity index (χ2n) is 4.83. The fourth-order valence-electron chi connectivity index (χ4n) is 2.19. The highest BCUT2D eigenvalue weighted by molar-refractivity contribution is 5.79. The first kappa shape index (κ1) is 13.1. The number of rotatable bonds is 3. The van der Waals surface area contributed by atoms with Crippen molar-refractivity contribution < 1.29 is 0 Å². The van der Waals surface area contributed by atoms with Crippen molar-refractivity contribution in [2.75, 3.05) is 0 Å². The normalized spacial score (nSPS) is 10.6. The zero-order valence-electron chi connectivity index (χ0n) is 11.9. The Hall–Kier alpha value is -2.85. The van der Waals surface area contributed by atoms with Crippen LogP contribution in [-0.4, -0.2) is 15.0 Å². The van der Waals surface area contributed by atoms with Gasteiger partial charge in [0, 0.05) is 10.6 Å². The lowest BCUT2D eigenvalue weighted by atomic mass is 10.2. The maximum atomic E-state index is 8.57. The van der Waals surface area contributed by atoms with E-state index < -0.39 is 0 Å². The number of azide groups is 1. The van der Waals surface area contributed by atoms with E-state index in [1.807, 2.05) is 25.1 Å². The van der Waals surface area contributed by atoms with Crippen LogP contribution in [0.5, 0.6) is 0 Å². The third-order valence-corrected chi connectivity index (χ3v) is 3.43. The average Bonchev–Trinajstić information content (AvgIpc) is 2.91. The van der Waals surface area contributed by atoms with Crippen molar-refractivity contribution in [3.8, 4) is 5.69 Å². The summed E-state index contributed by atoms with van der Waals surface area (Å²) in [5, 5.41) is 12.6. The summed E-state index contributed by atoms with van der Waals surface area (Å²) in [5.41, 5.74) is 13.7. The molecule has 0 unspecified atom stereocenters. The first-order valence-electron chi connectivity index (χ1n) is 6.73. The predicted molar refractivity (Wildman–Crippen MR) is 81.8 cm³/mol. The number of hydrogen-bond acceptors (Lipinski definition) is 3. The third-order valence-electron chi connectivity index (χ3n) is 3.43. The summed E-state index contributed by atoms with van der Waals surface area (Å²) in [6, 6.07) is 11.8. The zero-order chi connectivity index (χ0) is 14.8. The molecule has 3 aromatic rings. The van der Waals surface area contributed by atoms with E-state index >= 15 is 0 Å². The van der Waals surface area contributed by atoms with Crippen LogP contribution >= 0.6 is 0 Å². The molecule has 3 rings (SSSR count). The van der Waals surface area contributed by atoms with Crippen molar-refractivity contribution in [2.24, 2.45) is 5.11 Å². The molecule has 0 fully saturated rings. The first-order valence-corrected chi connectivity index (χ1v) is 6.73. The summed E-state index contributed by atoms with van der Waals surface area (Å²) in [6.07, 6.45) is 1.00. The highest BCUT2D eigenvalue weighted by Gasteiger charge is 2.07. The molecule has 0 radical (unpaired) electrons. The molecule has 1 heterocycles. The standard InChI is InChI=1S/C15H14N6/c1-3-11-4-6-12(7-5-11)21-18-14-8-10(2)13(17-20-16)9-15(14)19-21/h4-9H,3H2,1-2H3. The largest absolute Gasteiger partial charge is 0.150 e.